The molecule has 0 atom stereocenters. The number of fused-ring (bicyclic) bond motifs is 1. The summed E-state index contributed by atoms with van der Waals surface area (Å²) in [4.78, 5) is 0. The summed E-state index contributed by atoms with van der Waals surface area (Å²) in [6.45, 7) is 0. The Morgan fingerprint density at radius 3 is 2.40 bits per heavy atom. The average Bonchev–Trinajstić information content (AvgIpc) is 2.70. The Balaban J connectivity index is 2.47. The molecule has 0 aromatic heterocycles. The first-order chi connectivity index (χ1) is 7.28. The molecule has 0 saturated carbocycles. The maximum Gasteiger partial charge on any atom is 0.0435 e. The molecule has 0 unspecified atom stereocenters. The van der Waals surface area contributed by atoms with Crippen molar-refractivity contribution in [2.75, 3.05) is 31.8 Å². The summed E-state index contributed by atoms with van der Waals surface area (Å²) in [5.41, 5.74) is 6.29. The minimum Gasteiger partial charge on any atom is -0.391 e. The second kappa shape index (κ2) is 3.85. The molecule has 15 heavy (non-hydrogen) atoms. The number of nitrogens with one attached hydrogen (secondary N) is 3. The van der Waals surface area contributed by atoms with Gasteiger partial charge in [0.05, 0.1) is 0 Å². The van der Waals surface area contributed by atoms with Gasteiger partial charge < -0.3 is 16.0 Å². The van der Waals surface area contributed by atoms with Crippen molar-refractivity contribution in [3.63, 3.8) is 0 Å². The van der Waals surface area contributed by atoms with Crippen molar-refractivity contribution in [1.29, 1.82) is 0 Å². The molecule has 3 heteroatoms. The number of anilines is 2. The largest absolute Gasteiger partial charge is 0.391 e. The normalized spacial score (nSPS) is 13.1. The van der Waals surface area contributed by atoms with E-state index in [0.717, 1.165) is 12.1 Å². The highest BCUT2D eigenvalue weighted by Crippen LogP contribution is 2.32. The summed E-state index contributed by atoms with van der Waals surface area (Å²) < 4.78 is 0. The molecule has 3 nitrogen and oxygen atoms in total. The highest BCUT2D eigenvalue weighted by Gasteiger charge is 2.15. The van der Waals surface area contributed by atoms with Gasteiger partial charge in [-0.1, -0.05) is 0 Å². The molecule has 80 valence electrons. The van der Waals surface area contributed by atoms with Crippen LogP contribution >= 0.6 is 0 Å². The first kappa shape index (κ1) is 9.90. The Morgan fingerprint density at radius 1 is 1.00 bits per heavy atom. The smallest absolute Gasteiger partial charge is 0.0435 e. The molecule has 0 bridgehead atoms. The molecule has 0 amide bonds. The summed E-state index contributed by atoms with van der Waals surface area (Å²) in [7, 11) is 5.87. The highest BCUT2D eigenvalue weighted by atomic mass is 14.9. The van der Waals surface area contributed by atoms with Crippen LogP contribution < -0.4 is 16.0 Å². The Labute approximate surface area is 90.6 Å². The summed E-state index contributed by atoms with van der Waals surface area (Å²) in [6, 6.07) is 4.34. The molecule has 1 aromatic rings. The van der Waals surface area contributed by atoms with Crippen LogP contribution in [0, 0.1) is 0 Å². The molecule has 0 spiro atoms. The van der Waals surface area contributed by atoms with Crippen molar-refractivity contribution in [2.45, 2.75) is 6.42 Å². The van der Waals surface area contributed by atoms with Crippen molar-refractivity contribution in [2.24, 2.45) is 0 Å². The van der Waals surface area contributed by atoms with Crippen LogP contribution in [0.25, 0.3) is 6.08 Å². The van der Waals surface area contributed by atoms with Gasteiger partial charge in [-0.15, -0.1) is 0 Å². The minimum atomic E-state index is 0.996. The van der Waals surface area contributed by atoms with Crippen molar-refractivity contribution in [3.8, 4) is 0 Å². The van der Waals surface area contributed by atoms with E-state index in [4.69, 9.17) is 0 Å². The number of rotatable bonds is 3. The molecule has 0 radical (unpaired) electrons. The monoisotopic (exact) mass is 203 g/mol. The number of likely N-dealkylation sites (N-methyl/N-ethyl adjacent to an activating group) is 1. The van der Waals surface area contributed by atoms with Gasteiger partial charge in [-0.25, -0.2) is 0 Å². The summed E-state index contributed by atoms with van der Waals surface area (Å²) >= 11 is 0. The lowest BCUT2D eigenvalue weighted by atomic mass is 10.1. The van der Waals surface area contributed by atoms with Crippen molar-refractivity contribution >= 4 is 17.5 Å². The van der Waals surface area contributed by atoms with Gasteiger partial charge in [-0.3, -0.25) is 0 Å². The third kappa shape index (κ3) is 1.65. The van der Waals surface area contributed by atoms with E-state index < -0.39 is 0 Å². The molecule has 0 aliphatic heterocycles. The zero-order valence-electron chi connectivity index (χ0n) is 9.44. The van der Waals surface area contributed by atoms with Gasteiger partial charge in [0.15, 0.2) is 0 Å². The number of benzene rings is 1. The third-order valence-electron chi connectivity index (χ3n) is 2.84. The predicted octanol–water partition coefficient (Wildman–Crippen LogP) is 1.89. The van der Waals surface area contributed by atoms with Crippen LogP contribution in [-0.4, -0.2) is 21.1 Å². The Bertz CT molecular complexity index is 408. The van der Waals surface area contributed by atoms with E-state index >= 15 is 0 Å². The fraction of sp³-hybridized carbons (Fsp3) is 0.333. The molecule has 1 aromatic carbocycles. The molecular formula is C12H17N3. The predicted molar refractivity (Wildman–Crippen MR) is 66.3 cm³/mol. The van der Waals surface area contributed by atoms with E-state index in [1.165, 1.54) is 22.5 Å². The lowest BCUT2D eigenvalue weighted by molar-refractivity contribution is 0.949. The van der Waals surface area contributed by atoms with Crippen LogP contribution in [0.2, 0.25) is 0 Å². The lowest BCUT2D eigenvalue weighted by Crippen LogP contribution is -2.04. The van der Waals surface area contributed by atoms with Crippen LogP contribution in [0.5, 0.6) is 0 Å². The molecule has 0 saturated heterocycles. The fourth-order valence-electron chi connectivity index (χ4n) is 1.97. The van der Waals surface area contributed by atoms with Crippen molar-refractivity contribution in [1.82, 2.24) is 5.32 Å². The van der Waals surface area contributed by atoms with Crippen LogP contribution in [-0.2, 0) is 6.42 Å². The average molecular weight is 203 g/mol. The minimum absolute atomic E-state index is 0.996. The Hall–Kier alpha value is -1.64. The van der Waals surface area contributed by atoms with Gasteiger partial charge in [0.25, 0.3) is 0 Å². The van der Waals surface area contributed by atoms with E-state index in [2.05, 4.69) is 34.2 Å². The lowest BCUT2D eigenvalue weighted by Gasteiger charge is -2.10. The molecule has 1 aliphatic rings. The van der Waals surface area contributed by atoms with Gasteiger partial charge in [0, 0.05) is 50.2 Å². The quantitative estimate of drug-likeness (QED) is 0.702. The van der Waals surface area contributed by atoms with E-state index in [1.807, 2.05) is 21.1 Å². The van der Waals surface area contributed by atoms with Crippen LogP contribution in [0.15, 0.2) is 17.8 Å². The summed E-state index contributed by atoms with van der Waals surface area (Å²) in [5.74, 6) is 0. The van der Waals surface area contributed by atoms with Crippen molar-refractivity contribution < 1.29 is 0 Å². The van der Waals surface area contributed by atoms with E-state index in [9.17, 15) is 0 Å². The van der Waals surface area contributed by atoms with E-state index in [-0.39, 0.29) is 0 Å². The number of hydrogen-bond donors (Lipinski definition) is 3. The fourth-order valence-corrected chi connectivity index (χ4v) is 1.97. The van der Waals surface area contributed by atoms with Gasteiger partial charge in [0.2, 0.25) is 0 Å². The van der Waals surface area contributed by atoms with E-state index in [1.54, 1.807) is 0 Å². The topological polar surface area (TPSA) is 36.1 Å². The first-order valence-electron chi connectivity index (χ1n) is 5.19. The summed E-state index contributed by atoms with van der Waals surface area (Å²) in [5, 5.41) is 9.63. The molecule has 2 rings (SSSR count). The second-order valence-corrected chi connectivity index (χ2v) is 3.69. The molecular weight excluding hydrogens is 186 g/mol. The Morgan fingerprint density at radius 2 is 1.80 bits per heavy atom. The van der Waals surface area contributed by atoms with Gasteiger partial charge >= 0.3 is 0 Å². The molecule has 0 heterocycles. The molecule has 0 fully saturated rings. The van der Waals surface area contributed by atoms with Crippen LogP contribution in [0.4, 0.5) is 11.4 Å². The highest BCUT2D eigenvalue weighted by molar-refractivity contribution is 5.78. The van der Waals surface area contributed by atoms with Gasteiger partial charge in [0.1, 0.15) is 0 Å². The van der Waals surface area contributed by atoms with Crippen LogP contribution in [0.1, 0.15) is 11.1 Å². The Kier molecular flexibility index (Phi) is 2.54. The summed E-state index contributed by atoms with van der Waals surface area (Å²) in [6.07, 6.45) is 3.20. The van der Waals surface area contributed by atoms with E-state index in [0.29, 0.717) is 0 Å². The molecule has 1 aliphatic carbocycles. The number of allylic oxidation sites excluding steroid dienone is 1. The van der Waals surface area contributed by atoms with Crippen molar-refractivity contribution in [3.05, 3.63) is 29.0 Å². The van der Waals surface area contributed by atoms with Gasteiger partial charge in [-0.2, -0.15) is 0 Å². The van der Waals surface area contributed by atoms with Gasteiger partial charge in [-0.05, 0) is 23.8 Å². The first-order valence-corrected chi connectivity index (χ1v) is 5.19. The zero-order valence-corrected chi connectivity index (χ0v) is 9.44. The second-order valence-electron chi connectivity index (χ2n) is 3.69. The molecule has 3 N–H and O–H groups in total. The standard InChI is InChI=1S/C12H17N3/c1-13-9-4-8-5-10(14-2)7-12(15-3)11(8)6-9/h5-7,13-15H,4H2,1-3H3. The third-order valence-corrected chi connectivity index (χ3v) is 2.84. The van der Waals surface area contributed by atoms with Crippen LogP contribution in [0.3, 0.4) is 0 Å². The maximum absolute atomic E-state index is 3.23. The number of hydrogen-bond acceptors (Lipinski definition) is 3. The SMILES string of the molecule is CNC1=Cc2c(cc(NC)cc2NC)C1. The maximum atomic E-state index is 3.23. The zero-order chi connectivity index (χ0) is 10.8.